The predicted octanol–water partition coefficient (Wildman–Crippen LogP) is 5.08. The van der Waals surface area contributed by atoms with Crippen molar-refractivity contribution >= 4 is 15.9 Å². The number of rotatable bonds is 7. The lowest BCUT2D eigenvalue weighted by Gasteiger charge is -2.16. The molecular weight excluding hydrogens is 312 g/mol. The van der Waals surface area contributed by atoms with Crippen molar-refractivity contribution in [1.82, 2.24) is 0 Å². The van der Waals surface area contributed by atoms with Gasteiger partial charge in [-0.2, -0.15) is 0 Å². The van der Waals surface area contributed by atoms with E-state index >= 15 is 0 Å². The van der Waals surface area contributed by atoms with Crippen LogP contribution in [-0.2, 0) is 11.2 Å². The summed E-state index contributed by atoms with van der Waals surface area (Å²) in [4.78, 5) is 0. The van der Waals surface area contributed by atoms with Crippen molar-refractivity contribution < 1.29 is 4.74 Å². The van der Waals surface area contributed by atoms with Crippen molar-refractivity contribution in [2.75, 3.05) is 11.9 Å². The van der Waals surface area contributed by atoms with Gasteiger partial charge < -0.3 is 4.74 Å². The number of alkyl halides is 1. The van der Waals surface area contributed by atoms with Gasteiger partial charge in [0.1, 0.15) is 0 Å². The zero-order valence-electron chi connectivity index (χ0n) is 11.9. The average Bonchev–Trinajstić information content (AvgIpc) is 2.48. The lowest BCUT2D eigenvalue weighted by molar-refractivity contribution is 0.0682. The Bertz CT molecular complexity index is 510. The number of halogens is 1. The third-order valence-electron chi connectivity index (χ3n) is 3.33. The summed E-state index contributed by atoms with van der Waals surface area (Å²) in [6, 6.07) is 19.1. The zero-order valence-corrected chi connectivity index (χ0v) is 13.5. The first-order valence-corrected chi connectivity index (χ1v) is 8.20. The van der Waals surface area contributed by atoms with E-state index in [4.69, 9.17) is 4.74 Å². The second kappa shape index (κ2) is 8.23. The molecule has 0 heterocycles. The standard InChI is InChI=1S/C18H21BrO/c1-15-7-5-11-17(13-15)18(14-19)20-12-6-10-16-8-3-2-4-9-16/h2-5,7-9,11,13,18H,6,10,12,14H2,1H3. The van der Waals surface area contributed by atoms with Crippen LogP contribution in [0, 0.1) is 6.92 Å². The summed E-state index contributed by atoms with van der Waals surface area (Å²) < 4.78 is 6.01. The molecule has 0 fully saturated rings. The third kappa shape index (κ3) is 4.77. The molecule has 0 aromatic heterocycles. The molecule has 0 bridgehead atoms. The largest absolute Gasteiger partial charge is 0.373 e. The summed E-state index contributed by atoms with van der Waals surface area (Å²) in [6.45, 7) is 2.91. The minimum Gasteiger partial charge on any atom is -0.373 e. The van der Waals surface area contributed by atoms with Crippen LogP contribution in [0.2, 0.25) is 0 Å². The quantitative estimate of drug-likeness (QED) is 0.507. The third-order valence-corrected chi connectivity index (χ3v) is 3.91. The van der Waals surface area contributed by atoms with E-state index in [9.17, 15) is 0 Å². The van der Waals surface area contributed by atoms with Gasteiger partial charge in [0.25, 0.3) is 0 Å². The first-order chi connectivity index (χ1) is 9.79. The van der Waals surface area contributed by atoms with Crippen LogP contribution in [0.1, 0.15) is 29.2 Å². The molecule has 0 radical (unpaired) electrons. The molecule has 2 aromatic carbocycles. The molecule has 0 aliphatic carbocycles. The second-order valence-corrected chi connectivity index (χ2v) is 5.66. The van der Waals surface area contributed by atoms with E-state index in [1.165, 1.54) is 16.7 Å². The van der Waals surface area contributed by atoms with Gasteiger partial charge in [-0.25, -0.2) is 0 Å². The number of ether oxygens (including phenoxy) is 1. The first kappa shape index (κ1) is 15.3. The molecule has 106 valence electrons. The van der Waals surface area contributed by atoms with Crippen LogP contribution < -0.4 is 0 Å². The fourth-order valence-electron chi connectivity index (χ4n) is 2.25. The molecule has 2 heteroatoms. The highest BCUT2D eigenvalue weighted by Crippen LogP contribution is 2.21. The molecule has 0 aliphatic heterocycles. The molecule has 0 aliphatic rings. The van der Waals surface area contributed by atoms with E-state index in [2.05, 4.69) is 77.5 Å². The predicted molar refractivity (Wildman–Crippen MR) is 88.4 cm³/mol. The molecule has 0 saturated heterocycles. The van der Waals surface area contributed by atoms with Crippen molar-refractivity contribution in [3.8, 4) is 0 Å². The van der Waals surface area contributed by atoms with Crippen molar-refractivity contribution in [2.45, 2.75) is 25.9 Å². The van der Waals surface area contributed by atoms with E-state index in [0.29, 0.717) is 0 Å². The topological polar surface area (TPSA) is 9.23 Å². The van der Waals surface area contributed by atoms with Crippen LogP contribution in [0.5, 0.6) is 0 Å². The molecule has 20 heavy (non-hydrogen) atoms. The number of aryl methyl sites for hydroxylation is 2. The highest BCUT2D eigenvalue weighted by Gasteiger charge is 2.10. The van der Waals surface area contributed by atoms with Gasteiger partial charge in [-0.3, -0.25) is 0 Å². The van der Waals surface area contributed by atoms with E-state index < -0.39 is 0 Å². The number of hydrogen-bond donors (Lipinski definition) is 0. The summed E-state index contributed by atoms with van der Waals surface area (Å²) in [5.41, 5.74) is 3.91. The van der Waals surface area contributed by atoms with Crippen LogP contribution in [0.15, 0.2) is 54.6 Å². The van der Waals surface area contributed by atoms with Gasteiger partial charge in [-0.1, -0.05) is 76.1 Å². The minimum atomic E-state index is 0.144. The fourth-order valence-corrected chi connectivity index (χ4v) is 2.81. The molecule has 0 amide bonds. The Kier molecular flexibility index (Phi) is 6.28. The normalized spacial score (nSPS) is 12.3. The molecule has 1 atom stereocenters. The maximum atomic E-state index is 6.01. The lowest BCUT2D eigenvalue weighted by Crippen LogP contribution is -2.08. The molecular formula is C18H21BrO. The monoisotopic (exact) mass is 332 g/mol. The summed E-state index contributed by atoms with van der Waals surface area (Å²) >= 11 is 3.55. The smallest absolute Gasteiger partial charge is 0.0921 e. The van der Waals surface area contributed by atoms with E-state index in [0.717, 1.165) is 24.8 Å². The van der Waals surface area contributed by atoms with Crippen LogP contribution in [-0.4, -0.2) is 11.9 Å². The van der Waals surface area contributed by atoms with Crippen molar-refractivity contribution in [2.24, 2.45) is 0 Å². The van der Waals surface area contributed by atoms with Gasteiger partial charge in [0.15, 0.2) is 0 Å². The summed E-state index contributed by atoms with van der Waals surface area (Å²) in [6.07, 6.45) is 2.27. The minimum absolute atomic E-state index is 0.144. The lowest BCUT2D eigenvalue weighted by atomic mass is 10.1. The summed E-state index contributed by atoms with van der Waals surface area (Å²) in [7, 11) is 0. The maximum Gasteiger partial charge on any atom is 0.0921 e. The van der Waals surface area contributed by atoms with Gasteiger partial charge in [0, 0.05) is 11.9 Å². The summed E-state index contributed by atoms with van der Waals surface area (Å²) in [5, 5.41) is 0.835. The first-order valence-electron chi connectivity index (χ1n) is 7.07. The van der Waals surface area contributed by atoms with Gasteiger partial charge >= 0.3 is 0 Å². The second-order valence-electron chi connectivity index (χ2n) is 5.02. The van der Waals surface area contributed by atoms with E-state index in [1.807, 2.05) is 0 Å². The number of hydrogen-bond acceptors (Lipinski definition) is 1. The zero-order chi connectivity index (χ0) is 14.2. The maximum absolute atomic E-state index is 6.01. The molecule has 0 saturated carbocycles. The Hall–Kier alpha value is -1.12. The Labute approximate surface area is 130 Å². The molecule has 0 spiro atoms. The molecule has 1 nitrogen and oxygen atoms in total. The van der Waals surface area contributed by atoms with Gasteiger partial charge in [-0.15, -0.1) is 0 Å². The number of benzene rings is 2. The Morgan fingerprint density at radius 2 is 1.85 bits per heavy atom. The van der Waals surface area contributed by atoms with Crippen molar-refractivity contribution in [3.63, 3.8) is 0 Å². The van der Waals surface area contributed by atoms with Crippen LogP contribution in [0.25, 0.3) is 0 Å². The highest BCUT2D eigenvalue weighted by atomic mass is 79.9. The summed E-state index contributed by atoms with van der Waals surface area (Å²) in [5.74, 6) is 0. The van der Waals surface area contributed by atoms with Crippen LogP contribution >= 0.6 is 15.9 Å². The Morgan fingerprint density at radius 1 is 1.05 bits per heavy atom. The van der Waals surface area contributed by atoms with E-state index in [1.54, 1.807) is 0 Å². The van der Waals surface area contributed by atoms with Gasteiger partial charge in [0.2, 0.25) is 0 Å². The molecule has 1 unspecified atom stereocenters. The van der Waals surface area contributed by atoms with Crippen LogP contribution in [0.4, 0.5) is 0 Å². The van der Waals surface area contributed by atoms with Crippen molar-refractivity contribution in [3.05, 3.63) is 71.3 Å². The molecule has 2 aromatic rings. The van der Waals surface area contributed by atoms with Gasteiger partial charge in [-0.05, 0) is 30.9 Å². The van der Waals surface area contributed by atoms with Crippen molar-refractivity contribution in [1.29, 1.82) is 0 Å². The fraction of sp³-hybridized carbons (Fsp3) is 0.333. The Balaban J connectivity index is 1.80. The van der Waals surface area contributed by atoms with Gasteiger partial charge in [0.05, 0.1) is 6.10 Å². The molecule has 0 N–H and O–H groups in total. The Morgan fingerprint density at radius 3 is 2.55 bits per heavy atom. The highest BCUT2D eigenvalue weighted by molar-refractivity contribution is 9.09. The average molecular weight is 333 g/mol. The molecule has 2 rings (SSSR count). The SMILES string of the molecule is Cc1cccc(C(CBr)OCCCc2ccccc2)c1. The van der Waals surface area contributed by atoms with E-state index in [-0.39, 0.29) is 6.10 Å². The van der Waals surface area contributed by atoms with Crippen LogP contribution in [0.3, 0.4) is 0 Å².